The number of hydrogen-bond acceptors (Lipinski definition) is 8. The highest BCUT2D eigenvalue weighted by Gasteiger charge is 2.46. The van der Waals surface area contributed by atoms with Crippen molar-refractivity contribution in [1.82, 2.24) is 14.9 Å². The molecule has 4 saturated heterocycles. The van der Waals surface area contributed by atoms with E-state index in [1.54, 1.807) is 12.1 Å². The van der Waals surface area contributed by atoms with Gasteiger partial charge in [-0.15, -0.1) is 0 Å². The largest absolute Gasteiger partial charge is 0.508 e. The number of rotatable bonds is 7. The minimum absolute atomic E-state index is 0.0341. The van der Waals surface area contributed by atoms with Crippen LogP contribution in [0.25, 0.3) is 27.7 Å². The van der Waals surface area contributed by atoms with Crippen molar-refractivity contribution < 1.29 is 23.4 Å². The van der Waals surface area contributed by atoms with E-state index in [-0.39, 0.29) is 40.4 Å². The van der Waals surface area contributed by atoms with Gasteiger partial charge in [-0.3, -0.25) is 9.89 Å². The standard InChI is InChI=1S/C39H45F2N5O3/c1-5-27-30(40)10-9-23-15-26(47)16-29(31(23)27)32-34(41)36-33(28(6-2)35(32)42-22(3)4)37(45-17-24-19-48-20-25(24)18-45)44-38(43-36)49-21-39-11-7-13-46(39)14-8-12-39/h6,9-10,15-16,22,24-25,47H,5,7-8,11-14,17-21H2,1-4H3/b28-6-,42-35?. The number of phenols is 1. The van der Waals surface area contributed by atoms with Crippen molar-refractivity contribution in [3.05, 3.63) is 58.5 Å². The van der Waals surface area contributed by atoms with Gasteiger partial charge >= 0.3 is 6.01 Å². The van der Waals surface area contributed by atoms with E-state index in [4.69, 9.17) is 24.4 Å². The summed E-state index contributed by atoms with van der Waals surface area (Å²) in [5.74, 6) is 0.389. The number of ether oxygens (including phenoxy) is 2. The van der Waals surface area contributed by atoms with Gasteiger partial charge in [0.25, 0.3) is 0 Å². The first kappa shape index (κ1) is 32.3. The molecule has 1 aromatic heterocycles. The molecule has 2 atom stereocenters. The van der Waals surface area contributed by atoms with E-state index < -0.39 is 5.83 Å². The number of benzene rings is 2. The van der Waals surface area contributed by atoms with Crippen LogP contribution in [0, 0.1) is 17.7 Å². The zero-order chi connectivity index (χ0) is 34.0. The van der Waals surface area contributed by atoms with Gasteiger partial charge in [-0.1, -0.05) is 19.1 Å². The predicted octanol–water partition coefficient (Wildman–Crippen LogP) is 7.23. The number of fused-ring (bicyclic) bond motifs is 4. The van der Waals surface area contributed by atoms with E-state index in [1.165, 1.54) is 12.1 Å². The fraction of sp³-hybridized carbons (Fsp3) is 0.513. The Hall–Kier alpha value is -3.89. The molecular formula is C39H45F2N5O3. The van der Waals surface area contributed by atoms with Crippen LogP contribution in [0.5, 0.6) is 11.8 Å². The second kappa shape index (κ2) is 12.5. The van der Waals surface area contributed by atoms with Crippen LogP contribution < -0.4 is 9.64 Å². The summed E-state index contributed by atoms with van der Waals surface area (Å²) < 4.78 is 45.4. The maximum absolute atomic E-state index is 17.8. The lowest BCUT2D eigenvalue weighted by atomic mass is 9.81. The van der Waals surface area contributed by atoms with Gasteiger partial charge in [-0.2, -0.15) is 9.97 Å². The number of halogens is 2. The number of aryl methyl sites for hydroxylation is 1. The Morgan fingerprint density at radius 3 is 2.51 bits per heavy atom. The summed E-state index contributed by atoms with van der Waals surface area (Å²) in [6.45, 7) is 13.2. The summed E-state index contributed by atoms with van der Waals surface area (Å²) in [7, 11) is 0. The molecular weight excluding hydrogens is 624 g/mol. The molecule has 8 nitrogen and oxygen atoms in total. The second-order valence-corrected chi connectivity index (χ2v) is 14.7. The zero-order valence-corrected chi connectivity index (χ0v) is 28.9. The Balaban J connectivity index is 1.36. The fourth-order valence-corrected chi connectivity index (χ4v) is 9.09. The van der Waals surface area contributed by atoms with Crippen molar-refractivity contribution in [1.29, 1.82) is 0 Å². The summed E-state index contributed by atoms with van der Waals surface area (Å²) >= 11 is 0. The molecule has 3 aromatic rings. The SMILES string of the molecule is C/C=C1\C(=NC(C)C)C(c2cc(O)cc3ccc(F)c(CC)c23)=C(F)c2nc(OCC34CCCN3CCC4)nc(N3CC4COCC4C3)c21. The van der Waals surface area contributed by atoms with Gasteiger partial charge in [0.2, 0.25) is 0 Å². The molecule has 49 heavy (non-hydrogen) atoms. The summed E-state index contributed by atoms with van der Waals surface area (Å²) in [6.07, 6.45) is 6.75. The molecule has 5 heterocycles. The van der Waals surface area contributed by atoms with Crippen molar-refractivity contribution in [2.24, 2.45) is 16.8 Å². The number of aromatic nitrogens is 2. The average molecular weight is 670 g/mol. The minimum atomic E-state index is -0.587. The van der Waals surface area contributed by atoms with E-state index in [0.717, 1.165) is 51.9 Å². The highest BCUT2D eigenvalue weighted by Crippen LogP contribution is 2.49. The highest BCUT2D eigenvalue weighted by atomic mass is 19.1. The van der Waals surface area contributed by atoms with Gasteiger partial charge in [-0.25, -0.2) is 8.78 Å². The van der Waals surface area contributed by atoms with Gasteiger partial charge in [0.05, 0.1) is 30.0 Å². The van der Waals surface area contributed by atoms with E-state index in [2.05, 4.69) is 9.80 Å². The summed E-state index contributed by atoms with van der Waals surface area (Å²) in [4.78, 5) is 19.7. The van der Waals surface area contributed by atoms with Crippen LogP contribution in [0.3, 0.4) is 0 Å². The van der Waals surface area contributed by atoms with Crippen LogP contribution in [0.15, 0.2) is 35.3 Å². The smallest absolute Gasteiger partial charge is 0.319 e. The first-order chi connectivity index (χ1) is 23.7. The maximum atomic E-state index is 17.8. The lowest BCUT2D eigenvalue weighted by Gasteiger charge is -2.32. The lowest BCUT2D eigenvalue weighted by Crippen LogP contribution is -2.43. The molecule has 4 fully saturated rings. The molecule has 1 aliphatic carbocycles. The third-order valence-electron chi connectivity index (χ3n) is 11.3. The van der Waals surface area contributed by atoms with Crippen LogP contribution in [-0.2, 0) is 11.2 Å². The molecule has 10 heteroatoms. The Morgan fingerprint density at radius 2 is 1.84 bits per heavy atom. The Kier molecular flexibility index (Phi) is 8.22. The summed E-state index contributed by atoms with van der Waals surface area (Å²) in [6, 6.07) is 6.13. The van der Waals surface area contributed by atoms with Crippen LogP contribution in [0.1, 0.15) is 75.8 Å². The van der Waals surface area contributed by atoms with Gasteiger partial charge in [0, 0.05) is 42.1 Å². The van der Waals surface area contributed by atoms with Gasteiger partial charge in [0.15, 0.2) is 5.83 Å². The molecule has 0 radical (unpaired) electrons. The minimum Gasteiger partial charge on any atom is -0.508 e. The number of anilines is 1. The molecule has 0 spiro atoms. The first-order valence-corrected chi connectivity index (χ1v) is 17.9. The molecule has 8 rings (SSSR count). The van der Waals surface area contributed by atoms with E-state index in [9.17, 15) is 5.11 Å². The Morgan fingerprint density at radius 1 is 1.10 bits per heavy atom. The number of hydrogen-bond donors (Lipinski definition) is 1. The van der Waals surface area contributed by atoms with E-state index >= 15 is 8.78 Å². The van der Waals surface area contributed by atoms with Crippen LogP contribution in [0.4, 0.5) is 14.6 Å². The van der Waals surface area contributed by atoms with Crippen LogP contribution >= 0.6 is 0 Å². The first-order valence-electron chi connectivity index (χ1n) is 17.9. The quantitative estimate of drug-likeness (QED) is 0.284. The molecule has 0 amide bonds. The van der Waals surface area contributed by atoms with Gasteiger partial charge in [0.1, 0.15) is 29.7 Å². The van der Waals surface area contributed by atoms with Crippen LogP contribution in [0.2, 0.25) is 0 Å². The van der Waals surface area contributed by atoms with Crippen molar-refractivity contribution in [3.63, 3.8) is 0 Å². The molecule has 258 valence electrons. The molecule has 2 aromatic carbocycles. The molecule has 0 bridgehead atoms. The molecule has 4 aliphatic heterocycles. The monoisotopic (exact) mass is 669 g/mol. The average Bonchev–Trinajstić information content (AvgIpc) is 3.86. The summed E-state index contributed by atoms with van der Waals surface area (Å²) in [5, 5.41) is 12.1. The Bertz CT molecular complexity index is 1900. The van der Waals surface area contributed by atoms with Crippen molar-refractivity contribution in [3.8, 4) is 11.8 Å². The third kappa shape index (κ3) is 5.33. The third-order valence-corrected chi connectivity index (χ3v) is 11.3. The van der Waals surface area contributed by atoms with Crippen molar-refractivity contribution in [2.75, 3.05) is 50.9 Å². The fourth-order valence-electron chi connectivity index (χ4n) is 9.09. The number of aliphatic imine (C=N–C) groups is 1. The van der Waals surface area contributed by atoms with E-state index in [0.29, 0.717) is 82.6 Å². The van der Waals surface area contributed by atoms with Crippen LogP contribution in [-0.4, -0.2) is 83.3 Å². The normalized spacial score (nSPS) is 24.9. The van der Waals surface area contributed by atoms with E-state index in [1.807, 2.05) is 33.8 Å². The molecule has 2 unspecified atom stereocenters. The van der Waals surface area contributed by atoms with Crippen molar-refractivity contribution in [2.45, 2.75) is 71.4 Å². The summed E-state index contributed by atoms with van der Waals surface area (Å²) in [5.41, 5.74) is 2.87. The highest BCUT2D eigenvalue weighted by molar-refractivity contribution is 6.51. The molecule has 5 aliphatic rings. The number of aromatic hydroxyl groups is 1. The number of nitrogens with zero attached hydrogens (tertiary/aromatic N) is 5. The number of allylic oxidation sites excluding steroid dienone is 3. The van der Waals surface area contributed by atoms with Gasteiger partial charge < -0.3 is 19.5 Å². The zero-order valence-electron chi connectivity index (χ0n) is 28.9. The number of phenolic OH excluding ortho intramolecular Hbond substituents is 1. The Labute approximate surface area is 286 Å². The predicted molar refractivity (Wildman–Crippen MR) is 189 cm³/mol. The van der Waals surface area contributed by atoms with Crippen molar-refractivity contribution >= 4 is 39.3 Å². The molecule has 0 saturated carbocycles. The lowest BCUT2D eigenvalue weighted by molar-refractivity contribution is 0.107. The maximum Gasteiger partial charge on any atom is 0.319 e. The molecule has 1 N–H and O–H groups in total. The van der Waals surface area contributed by atoms with Gasteiger partial charge in [-0.05, 0) is 106 Å². The topological polar surface area (TPSA) is 83.3 Å². The second-order valence-electron chi connectivity index (χ2n) is 14.7.